The van der Waals surface area contributed by atoms with E-state index in [0.717, 1.165) is 0 Å². The first-order chi connectivity index (χ1) is 12.2. The molecule has 0 aliphatic rings. The highest BCUT2D eigenvalue weighted by Crippen LogP contribution is 1.94. The molecule has 0 aliphatic carbocycles. The summed E-state index contributed by atoms with van der Waals surface area (Å²) in [6.07, 6.45) is 0.381. The van der Waals surface area contributed by atoms with Crippen molar-refractivity contribution < 1.29 is 33.9 Å². The van der Waals surface area contributed by atoms with E-state index in [2.05, 4.69) is 16.0 Å². The quantitative estimate of drug-likeness (QED) is 0.101. The van der Waals surface area contributed by atoms with Crippen molar-refractivity contribution in [2.75, 3.05) is 26.2 Å². The third-order valence-corrected chi connectivity index (χ3v) is 2.74. The standard InChI is InChI=1S/C13H22N6O7/c14-19-9(21)3-1-2-8(20)15-4-10(22)16-5-11(23)17-6-12(24)18-7-13(25)26/h1-7,14H2,(H,15,20)(H,16,22)(H,17,23)(H,18,24)(H,19,21)(H,25,26). The lowest BCUT2D eigenvalue weighted by atomic mass is 10.2. The lowest BCUT2D eigenvalue weighted by Crippen LogP contribution is -2.44. The summed E-state index contributed by atoms with van der Waals surface area (Å²) in [4.78, 5) is 66.5. The summed E-state index contributed by atoms with van der Waals surface area (Å²) in [5, 5.41) is 17.1. The van der Waals surface area contributed by atoms with Crippen LogP contribution in [0.25, 0.3) is 0 Å². The van der Waals surface area contributed by atoms with Gasteiger partial charge in [0.05, 0.1) is 19.6 Å². The Morgan fingerprint density at radius 2 is 1.00 bits per heavy atom. The zero-order valence-corrected chi connectivity index (χ0v) is 13.9. The van der Waals surface area contributed by atoms with E-state index in [-0.39, 0.29) is 25.8 Å². The van der Waals surface area contributed by atoms with Crippen molar-refractivity contribution in [2.45, 2.75) is 19.3 Å². The van der Waals surface area contributed by atoms with E-state index in [1.807, 2.05) is 10.7 Å². The Kier molecular flexibility index (Phi) is 11.5. The van der Waals surface area contributed by atoms with Gasteiger partial charge in [-0.25, -0.2) is 5.84 Å². The van der Waals surface area contributed by atoms with Gasteiger partial charge in [0.15, 0.2) is 0 Å². The molecule has 146 valence electrons. The molecule has 0 saturated carbocycles. The summed E-state index contributed by atoms with van der Waals surface area (Å²) >= 11 is 0. The summed E-state index contributed by atoms with van der Waals surface area (Å²) in [6.45, 7) is -1.77. The zero-order chi connectivity index (χ0) is 19.9. The summed E-state index contributed by atoms with van der Waals surface area (Å²) in [5.41, 5.74) is 1.92. The van der Waals surface area contributed by atoms with Crippen LogP contribution in [0.5, 0.6) is 0 Å². The monoisotopic (exact) mass is 374 g/mol. The van der Waals surface area contributed by atoms with Crippen molar-refractivity contribution >= 4 is 35.5 Å². The van der Waals surface area contributed by atoms with Crippen LogP contribution in [-0.4, -0.2) is 66.8 Å². The molecule has 0 aromatic carbocycles. The molecule has 8 N–H and O–H groups in total. The fourth-order valence-electron chi connectivity index (χ4n) is 1.47. The van der Waals surface area contributed by atoms with E-state index in [0.29, 0.717) is 0 Å². The van der Waals surface area contributed by atoms with Crippen LogP contribution in [0.4, 0.5) is 0 Å². The van der Waals surface area contributed by atoms with Crippen molar-refractivity contribution in [2.24, 2.45) is 5.84 Å². The molecule has 0 radical (unpaired) electrons. The predicted octanol–water partition coefficient (Wildman–Crippen LogP) is -4.30. The lowest BCUT2D eigenvalue weighted by molar-refractivity contribution is -0.137. The van der Waals surface area contributed by atoms with Gasteiger partial charge in [-0.15, -0.1) is 0 Å². The number of carboxylic acid groups (broad SMARTS) is 1. The van der Waals surface area contributed by atoms with Gasteiger partial charge in [0, 0.05) is 12.8 Å². The molecular formula is C13H22N6O7. The van der Waals surface area contributed by atoms with Crippen LogP contribution in [0, 0.1) is 0 Å². The Hall–Kier alpha value is -3.22. The summed E-state index contributed by atoms with van der Waals surface area (Å²) < 4.78 is 0. The third-order valence-electron chi connectivity index (χ3n) is 2.74. The zero-order valence-electron chi connectivity index (χ0n) is 13.9. The summed E-state index contributed by atoms with van der Waals surface area (Å²) in [7, 11) is 0. The molecule has 5 amide bonds. The maximum atomic E-state index is 11.5. The van der Waals surface area contributed by atoms with E-state index in [1.54, 1.807) is 0 Å². The Morgan fingerprint density at radius 3 is 1.42 bits per heavy atom. The molecule has 0 atom stereocenters. The minimum Gasteiger partial charge on any atom is -0.480 e. The van der Waals surface area contributed by atoms with Crippen molar-refractivity contribution in [3.63, 3.8) is 0 Å². The van der Waals surface area contributed by atoms with Gasteiger partial charge in [-0.2, -0.15) is 0 Å². The number of carbonyl (C=O) groups excluding carboxylic acids is 5. The van der Waals surface area contributed by atoms with E-state index in [4.69, 9.17) is 10.9 Å². The molecule has 0 fully saturated rings. The van der Waals surface area contributed by atoms with Crippen LogP contribution in [0.2, 0.25) is 0 Å². The number of hydrazine groups is 1. The van der Waals surface area contributed by atoms with Gasteiger partial charge in [-0.1, -0.05) is 0 Å². The van der Waals surface area contributed by atoms with Crippen LogP contribution in [-0.2, 0) is 28.8 Å². The van der Waals surface area contributed by atoms with Gasteiger partial charge < -0.3 is 26.4 Å². The molecule has 13 nitrogen and oxygen atoms in total. The molecule has 0 spiro atoms. The molecule has 13 heteroatoms. The van der Waals surface area contributed by atoms with Crippen LogP contribution in [0.1, 0.15) is 19.3 Å². The number of hydrogen-bond donors (Lipinski definition) is 7. The van der Waals surface area contributed by atoms with Gasteiger partial charge in [0.2, 0.25) is 29.5 Å². The second kappa shape index (κ2) is 13.1. The molecule has 26 heavy (non-hydrogen) atoms. The maximum absolute atomic E-state index is 11.5. The first-order valence-electron chi connectivity index (χ1n) is 7.52. The van der Waals surface area contributed by atoms with Crippen molar-refractivity contribution in [1.82, 2.24) is 26.7 Å². The van der Waals surface area contributed by atoms with Crippen LogP contribution in [0.3, 0.4) is 0 Å². The topological polar surface area (TPSA) is 209 Å². The maximum Gasteiger partial charge on any atom is 0.322 e. The minimum atomic E-state index is -1.22. The van der Waals surface area contributed by atoms with Crippen molar-refractivity contribution in [1.29, 1.82) is 0 Å². The summed E-state index contributed by atoms with van der Waals surface area (Å²) in [6, 6.07) is 0. The molecular weight excluding hydrogens is 352 g/mol. The average Bonchev–Trinajstić information content (AvgIpc) is 2.60. The average molecular weight is 374 g/mol. The Balaban J connectivity index is 3.79. The van der Waals surface area contributed by atoms with Gasteiger partial charge in [-0.3, -0.25) is 34.2 Å². The number of carbonyl (C=O) groups is 6. The first kappa shape index (κ1) is 22.8. The fraction of sp³-hybridized carbons (Fsp3) is 0.538. The third kappa shape index (κ3) is 13.2. The van der Waals surface area contributed by atoms with Gasteiger partial charge in [0.1, 0.15) is 6.54 Å². The Bertz CT molecular complexity index is 551. The highest BCUT2D eigenvalue weighted by Gasteiger charge is 2.10. The normalized spacial score (nSPS) is 9.58. The lowest BCUT2D eigenvalue weighted by Gasteiger charge is -2.08. The number of nitrogens with one attached hydrogen (secondary N) is 5. The second-order valence-electron chi connectivity index (χ2n) is 4.92. The Labute approximate surface area is 148 Å². The number of hydrogen-bond acceptors (Lipinski definition) is 7. The van der Waals surface area contributed by atoms with Crippen LogP contribution < -0.4 is 32.5 Å². The van der Waals surface area contributed by atoms with Crippen LogP contribution in [0.15, 0.2) is 0 Å². The number of nitrogens with two attached hydrogens (primary N) is 1. The molecule has 0 saturated heterocycles. The molecule has 0 unspecified atom stereocenters. The highest BCUT2D eigenvalue weighted by molar-refractivity contribution is 5.90. The highest BCUT2D eigenvalue weighted by atomic mass is 16.4. The number of amides is 5. The van der Waals surface area contributed by atoms with Crippen LogP contribution >= 0.6 is 0 Å². The number of carboxylic acids is 1. The molecule has 0 rings (SSSR count). The largest absolute Gasteiger partial charge is 0.480 e. The molecule has 0 bridgehead atoms. The van der Waals surface area contributed by atoms with E-state index in [1.165, 1.54) is 0 Å². The van der Waals surface area contributed by atoms with E-state index < -0.39 is 55.1 Å². The smallest absolute Gasteiger partial charge is 0.322 e. The fourth-order valence-corrected chi connectivity index (χ4v) is 1.47. The van der Waals surface area contributed by atoms with E-state index >= 15 is 0 Å². The first-order valence-corrected chi connectivity index (χ1v) is 7.52. The van der Waals surface area contributed by atoms with E-state index in [9.17, 15) is 28.8 Å². The van der Waals surface area contributed by atoms with Gasteiger partial charge in [0.25, 0.3) is 0 Å². The second-order valence-corrected chi connectivity index (χ2v) is 4.92. The number of aliphatic carboxylic acids is 1. The SMILES string of the molecule is NNC(=O)CCCC(=O)NCC(=O)NCC(=O)NCC(=O)NCC(=O)O. The van der Waals surface area contributed by atoms with Crippen molar-refractivity contribution in [3.8, 4) is 0 Å². The number of rotatable bonds is 12. The van der Waals surface area contributed by atoms with Crippen molar-refractivity contribution in [3.05, 3.63) is 0 Å². The molecule has 0 aromatic rings. The van der Waals surface area contributed by atoms with Gasteiger partial charge in [-0.05, 0) is 6.42 Å². The molecule has 0 aromatic heterocycles. The predicted molar refractivity (Wildman–Crippen MR) is 85.9 cm³/mol. The Morgan fingerprint density at radius 1 is 0.615 bits per heavy atom. The molecule has 0 aliphatic heterocycles. The van der Waals surface area contributed by atoms with Gasteiger partial charge >= 0.3 is 5.97 Å². The molecule has 0 heterocycles. The minimum absolute atomic E-state index is 0.0344. The summed E-state index contributed by atoms with van der Waals surface area (Å²) in [5.74, 6) is 0.836.